The monoisotopic (exact) mass is 726 g/mol. The number of hydrogen-bond donors (Lipinski definition) is 0. The van der Waals surface area contributed by atoms with Crippen molar-refractivity contribution < 1.29 is 8.42 Å². The predicted octanol–water partition coefficient (Wildman–Crippen LogP) is 11.7. The van der Waals surface area contributed by atoms with Crippen LogP contribution in [0.15, 0.2) is 187 Å². The fourth-order valence-electron chi connectivity index (χ4n) is 8.26. The van der Waals surface area contributed by atoms with Crippen LogP contribution in [0, 0.1) is 0 Å². The third kappa shape index (κ3) is 4.77. The third-order valence-electron chi connectivity index (χ3n) is 10.7. The number of sulfonamides is 1. The lowest BCUT2D eigenvalue weighted by molar-refractivity contribution is 0.596. The molecule has 3 heterocycles. The van der Waals surface area contributed by atoms with Crippen LogP contribution < -0.4 is 4.31 Å². The summed E-state index contributed by atoms with van der Waals surface area (Å²) in [5.74, 6) is 0.605. The molecule has 0 unspecified atom stereocenters. The number of para-hydroxylation sites is 2. The third-order valence-corrected chi connectivity index (χ3v) is 12.5. The lowest BCUT2D eigenvalue weighted by Gasteiger charge is -2.32. The Morgan fingerprint density at radius 1 is 0.473 bits per heavy atom. The molecule has 0 radical (unpaired) electrons. The van der Waals surface area contributed by atoms with Gasteiger partial charge in [0.25, 0.3) is 10.0 Å². The van der Waals surface area contributed by atoms with Crippen molar-refractivity contribution in [2.75, 3.05) is 4.31 Å². The van der Waals surface area contributed by atoms with Gasteiger partial charge in [-0.15, -0.1) is 0 Å². The van der Waals surface area contributed by atoms with E-state index in [0.29, 0.717) is 27.8 Å². The van der Waals surface area contributed by atoms with Gasteiger partial charge in [0.2, 0.25) is 5.95 Å². The zero-order valence-electron chi connectivity index (χ0n) is 29.3. The van der Waals surface area contributed by atoms with Crippen molar-refractivity contribution in [1.29, 1.82) is 0 Å². The smallest absolute Gasteiger partial charge is 0.269 e. The highest BCUT2D eigenvalue weighted by Gasteiger charge is 2.36. The maximum atomic E-state index is 14.1. The van der Waals surface area contributed by atoms with Crippen LogP contribution in [0.1, 0.15) is 0 Å². The van der Waals surface area contributed by atoms with E-state index in [1.54, 1.807) is 12.1 Å². The van der Waals surface area contributed by atoms with E-state index in [9.17, 15) is 8.42 Å². The van der Waals surface area contributed by atoms with Gasteiger partial charge in [0.05, 0.1) is 38.5 Å². The molecule has 6 nitrogen and oxygen atoms in total. The lowest BCUT2D eigenvalue weighted by atomic mass is 9.95. The minimum absolute atomic E-state index is 0.291. The van der Waals surface area contributed by atoms with E-state index in [4.69, 9.17) is 9.97 Å². The van der Waals surface area contributed by atoms with E-state index in [-0.39, 0.29) is 0 Å². The van der Waals surface area contributed by atoms with E-state index in [2.05, 4.69) is 83.4 Å². The van der Waals surface area contributed by atoms with Gasteiger partial charge in [0.15, 0.2) is 0 Å². The van der Waals surface area contributed by atoms with Gasteiger partial charge in [0.1, 0.15) is 0 Å². The van der Waals surface area contributed by atoms with E-state index < -0.39 is 10.0 Å². The molecule has 0 spiro atoms. The van der Waals surface area contributed by atoms with Crippen LogP contribution in [0.25, 0.3) is 82.9 Å². The van der Waals surface area contributed by atoms with E-state index in [1.807, 2.05) is 91.0 Å². The van der Waals surface area contributed by atoms with Crippen molar-refractivity contribution >= 4 is 64.9 Å². The van der Waals surface area contributed by atoms with Crippen LogP contribution in [0.2, 0.25) is 0 Å². The Kier molecular flexibility index (Phi) is 6.84. The van der Waals surface area contributed by atoms with Gasteiger partial charge in [-0.05, 0) is 76.5 Å². The predicted molar refractivity (Wildman–Crippen MR) is 223 cm³/mol. The first kappa shape index (κ1) is 31.4. The molecule has 0 amide bonds. The minimum atomic E-state index is -3.84. The minimum Gasteiger partial charge on any atom is -0.278 e. The van der Waals surface area contributed by atoms with Crippen LogP contribution in [-0.4, -0.2) is 23.0 Å². The fraction of sp³-hybridized carbons (Fsp3) is 0. The normalized spacial score (nSPS) is 13.3. The summed E-state index contributed by atoms with van der Waals surface area (Å²) in [6.07, 6.45) is 0. The molecule has 0 saturated carbocycles. The number of hydrogen-bond acceptors (Lipinski definition) is 4. The van der Waals surface area contributed by atoms with Gasteiger partial charge in [-0.25, -0.2) is 22.7 Å². The molecule has 55 heavy (non-hydrogen) atoms. The number of benzene rings is 8. The molecule has 2 aromatic heterocycles. The Labute approximate surface area is 317 Å². The maximum Gasteiger partial charge on any atom is 0.269 e. The molecule has 0 aliphatic carbocycles. The molecular weight excluding hydrogens is 697 g/mol. The number of rotatable bonds is 4. The summed E-state index contributed by atoms with van der Waals surface area (Å²) in [7, 11) is -3.84. The number of fused-ring (bicyclic) bond motifs is 9. The quantitative estimate of drug-likeness (QED) is 0.181. The summed E-state index contributed by atoms with van der Waals surface area (Å²) in [6.45, 7) is 0. The van der Waals surface area contributed by atoms with Crippen molar-refractivity contribution in [2.24, 2.45) is 0 Å². The zero-order valence-corrected chi connectivity index (χ0v) is 30.2. The summed E-state index contributed by atoms with van der Waals surface area (Å²) >= 11 is 0. The summed E-state index contributed by atoms with van der Waals surface area (Å²) in [5.41, 5.74) is 9.57. The zero-order chi connectivity index (χ0) is 36.7. The first-order valence-electron chi connectivity index (χ1n) is 18.2. The first-order chi connectivity index (χ1) is 27.0. The number of nitrogens with zero attached hydrogens (tertiary/aromatic N) is 4. The molecule has 0 atom stereocenters. The Bertz CT molecular complexity index is 3290. The largest absolute Gasteiger partial charge is 0.278 e. The molecule has 0 N–H and O–H groups in total. The van der Waals surface area contributed by atoms with E-state index >= 15 is 0 Å². The van der Waals surface area contributed by atoms with Crippen LogP contribution in [0.3, 0.4) is 0 Å². The molecule has 260 valence electrons. The average molecular weight is 727 g/mol. The highest BCUT2D eigenvalue weighted by Crippen LogP contribution is 2.48. The highest BCUT2D eigenvalue weighted by atomic mass is 32.2. The fourth-order valence-corrected chi connectivity index (χ4v) is 9.98. The van der Waals surface area contributed by atoms with Crippen LogP contribution in [-0.2, 0) is 10.0 Å². The van der Waals surface area contributed by atoms with Crippen molar-refractivity contribution in [2.45, 2.75) is 4.90 Å². The van der Waals surface area contributed by atoms with Gasteiger partial charge in [0, 0.05) is 32.8 Å². The van der Waals surface area contributed by atoms with Crippen molar-refractivity contribution in [3.63, 3.8) is 0 Å². The highest BCUT2D eigenvalue weighted by molar-refractivity contribution is 7.93. The average Bonchev–Trinajstić information content (AvgIpc) is 3.58. The summed E-state index contributed by atoms with van der Waals surface area (Å²) < 4.78 is 31.9. The van der Waals surface area contributed by atoms with Gasteiger partial charge in [-0.1, -0.05) is 127 Å². The van der Waals surface area contributed by atoms with Crippen LogP contribution >= 0.6 is 0 Å². The molecule has 1 aliphatic rings. The summed E-state index contributed by atoms with van der Waals surface area (Å²) in [6, 6.07) is 60.5. The molecular formula is C48H30N4O2S. The Morgan fingerprint density at radius 2 is 1.15 bits per heavy atom. The molecule has 8 aromatic carbocycles. The Morgan fingerprint density at radius 3 is 2.00 bits per heavy atom. The topological polar surface area (TPSA) is 68.1 Å². The SMILES string of the molecule is O=S1(=O)c2ccccc2-c2cc(-c3ccc4c(c3)c3c5ccccc5ccc3n4-c3nc(-c4ccccc4)c4ccccc4n3)ccc2N1c1ccccc1. The summed E-state index contributed by atoms with van der Waals surface area (Å²) in [4.78, 5) is 10.8. The second kappa shape index (κ2) is 12.0. The van der Waals surface area contributed by atoms with E-state index in [0.717, 1.165) is 71.4 Å². The van der Waals surface area contributed by atoms with Crippen LogP contribution in [0.5, 0.6) is 0 Å². The van der Waals surface area contributed by atoms with Crippen molar-refractivity contribution in [3.8, 4) is 39.5 Å². The van der Waals surface area contributed by atoms with Gasteiger partial charge < -0.3 is 0 Å². The summed E-state index contributed by atoms with van der Waals surface area (Å²) in [5, 5.41) is 5.50. The molecule has 1 aliphatic heterocycles. The van der Waals surface area contributed by atoms with Gasteiger partial charge >= 0.3 is 0 Å². The second-order valence-electron chi connectivity index (χ2n) is 13.8. The van der Waals surface area contributed by atoms with Gasteiger partial charge in [-0.2, -0.15) is 0 Å². The Balaban J connectivity index is 1.16. The van der Waals surface area contributed by atoms with E-state index in [1.165, 1.54) is 4.31 Å². The Hall–Kier alpha value is -7.09. The van der Waals surface area contributed by atoms with Crippen LogP contribution in [0.4, 0.5) is 11.4 Å². The number of anilines is 2. The molecule has 0 fully saturated rings. The molecule has 7 heteroatoms. The second-order valence-corrected chi connectivity index (χ2v) is 15.6. The lowest BCUT2D eigenvalue weighted by Crippen LogP contribution is -2.30. The number of aromatic nitrogens is 3. The van der Waals surface area contributed by atoms with Crippen molar-refractivity contribution in [3.05, 3.63) is 182 Å². The molecule has 0 saturated heterocycles. The molecule has 0 bridgehead atoms. The molecule has 10 aromatic rings. The molecule has 11 rings (SSSR count). The standard InChI is InChI=1S/C48H30N4O2S/c53-55(54)45-22-12-10-19-37(45)39-29-33(25-27-43(39)52(55)35-16-5-2-6-17-35)34-24-26-42-40(30-34)46-36-18-8-7-13-31(36)23-28-44(46)51(42)48-49-41-21-11-9-20-38(41)47(50-48)32-14-3-1-4-15-32/h1-30H. The first-order valence-corrected chi connectivity index (χ1v) is 19.6. The van der Waals surface area contributed by atoms with Crippen molar-refractivity contribution in [1.82, 2.24) is 14.5 Å². The maximum absolute atomic E-state index is 14.1. The van der Waals surface area contributed by atoms with Gasteiger partial charge in [-0.3, -0.25) is 4.57 Å².